The molecule has 0 saturated heterocycles. The van der Waals surface area contributed by atoms with Crippen molar-refractivity contribution in [1.29, 1.82) is 0 Å². The first-order valence-electron chi connectivity index (χ1n) is 6.29. The average molecular weight is 285 g/mol. The number of hydrogen-bond acceptors (Lipinski definition) is 2. The predicted octanol–water partition coefficient (Wildman–Crippen LogP) is 3.48. The third kappa shape index (κ3) is 2.23. The Labute approximate surface area is 120 Å². The van der Waals surface area contributed by atoms with Gasteiger partial charge in [0.2, 0.25) is 0 Å². The van der Waals surface area contributed by atoms with Crippen molar-refractivity contribution in [1.82, 2.24) is 4.57 Å². The standard InChI is InChI=1S/C16H12FNO3/c1-21-15-9-11-8-10(16(19)20)2-7-14(11)18(15)13-5-3-12(17)4-6-13/h2-9H,1H3,(H,19,20). The SMILES string of the molecule is COc1cc2cc(C(=O)O)ccc2n1-c1ccc(F)cc1. The predicted molar refractivity (Wildman–Crippen MR) is 76.7 cm³/mol. The summed E-state index contributed by atoms with van der Waals surface area (Å²) >= 11 is 0. The minimum atomic E-state index is -0.981. The number of nitrogens with zero attached hydrogens (tertiary/aromatic N) is 1. The zero-order chi connectivity index (χ0) is 15.0. The van der Waals surface area contributed by atoms with E-state index in [2.05, 4.69) is 0 Å². The number of carboxylic acids is 1. The van der Waals surface area contributed by atoms with Gasteiger partial charge < -0.3 is 9.84 Å². The van der Waals surface area contributed by atoms with Crippen molar-refractivity contribution in [2.75, 3.05) is 7.11 Å². The molecule has 0 spiro atoms. The van der Waals surface area contributed by atoms with E-state index in [1.165, 1.54) is 25.3 Å². The van der Waals surface area contributed by atoms with E-state index in [9.17, 15) is 9.18 Å². The Morgan fingerprint density at radius 3 is 2.48 bits per heavy atom. The summed E-state index contributed by atoms with van der Waals surface area (Å²) in [7, 11) is 1.53. The van der Waals surface area contributed by atoms with Gasteiger partial charge in [0.25, 0.3) is 0 Å². The first kappa shape index (κ1) is 13.2. The summed E-state index contributed by atoms with van der Waals surface area (Å²) < 4.78 is 20.2. The first-order valence-corrected chi connectivity index (χ1v) is 6.29. The molecule has 0 amide bonds. The number of aromatic nitrogens is 1. The van der Waals surface area contributed by atoms with Crippen LogP contribution in [0.5, 0.6) is 5.88 Å². The second-order valence-electron chi connectivity index (χ2n) is 4.58. The number of methoxy groups -OCH3 is 1. The van der Waals surface area contributed by atoms with Gasteiger partial charge >= 0.3 is 5.97 Å². The van der Waals surface area contributed by atoms with Crippen molar-refractivity contribution in [2.24, 2.45) is 0 Å². The summed E-state index contributed by atoms with van der Waals surface area (Å²) in [6, 6.07) is 12.6. The highest BCUT2D eigenvalue weighted by Crippen LogP contribution is 2.30. The number of aromatic carboxylic acids is 1. The topological polar surface area (TPSA) is 51.5 Å². The number of carboxylic acid groups (broad SMARTS) is 1. The van der Waals surface area contributed by atoms with Crippen molar-refractivity contribution in [3.63, 3.8) is 0 Å². The van der Waals surface area contributed by atoms with Crippen LogP contribution >= 0.6 is 0 Å². The van der Waals surface area contributed by atoms with Gasteiger partial charge in [-0.2, -0.15) is 0 Å². The third-order valence-electron chi connectivity index (χ3n) is 3.31. The Morgan fingerprint density at radius 1 is 1.14 bits per heavy atom. The van der Waals surface area contributed by atoms with E-state index in [1.807, 2.05) is 0 Å². The van der Waals surface area contributed by atoms with Crippen LogP contribution in [0.15, 0.2) is 48.5 Å². The fourth-order valence-corrected chi connectivity index (χ4v) is 2.33. The van der Waals surface area contributed by atoms with Crippen LogP contribution < -0.4 is 4.74 Å². The molecule has 0 aliphatic heterocycles. The van der Waals surface area contributed by atoms with E-state index in [4.69, 9.17) is 9.84 Å². The molecule has 0 radical (unpaired) electrons. The lowest BCUT2D eigenvalue weighted by Crippen LogP contribution is -1.98. The van der Waals surface area contributed by atoms with Gasteiger partial charge in [0, 0.05) is 17.1 Å². The molecule has 1 aromatic heterocycles. The van der Waals surface area contributed by atoms with Gasteiger partial charge in [-0.3, -0.25) is 4.57 Å². The van der Waals surface area contributed by atoms with E-state index < -0.39 is 5.97 Å². The Morgan fingerprint density at radius 2 is 1.86 bits per heavy atom. The molecule has 0 aliphatic rings. The quantitative estimate of drug-likeness (QED) is 0.801. The van der Waals surface area contributed by atoms with Crippen LogP contribution in [0.3, 0.4) is 0 Å². The number of benzene rings is 2. The second-order valence-corrected chi connectivity index (χ2v) is 4.58. The molecule has 0 aliphatic carbocycles. The molecular formula is C16H12FNO3. The highest BCUT2D eigenvalue weighted by atomic mass is 19.1. The molecular weight excluding hydrogens is 273 g/mol. The van der Waals surface area contributed by atoms with Gasteiger partial charge in [-0.25, -0.2) is 9.18 Å². The lowest BCUT2D eigenvalue weighted by Gasteiger charge is -2.09. The van der Waals surface area contributed by atoms with Crippen LogP contribution in [0.1, 0.15) is 10.4 Å². The van der Waals surface area contributed by atoms with E-state index >= 15 is 0 Å². The molecule has 1 N–H and O–H groups in total. The van der Waals surface area contributed by atoms with E-state index in [1.54, 1.807) is 34.9 Å². The molecule has 0 saturated carbocycles. The van der Waals surface area contributed by atoms with Gasteiger partial charge in [-0.05, 0) is 42.5 Å². The molecule has 3 aromatic rings. The minimum absolute atomic E-state index is 0.210. The van der Waals surface area contributed by atoms with Crippen LogP contribution in [-0.4, -0.2) is 22.8 Å². The lowest BCUT2D eigenvalue weighted by molar-refractivity contribution is 0.0697. The zero-order valence-corrected chi connectivity index (χ0v) is 11.2. The first-order chi connectivity index (χ1) is 10.1. The summed E-state index contributed by atoms with van der Waals surface area (Å²) in [6.07, 6.45) is 0. The number of ether oxygens (including phenoxy) is 1. The van der Waals surface area contributed by atoms with Crippen molar-refractivity contribution in [2.45, 2.75) is 0 Å². The van der Waals surface area contributed by atoms with Crippen LogP contribution in [0.4, 0.5) is 4.39 Å². The lowest BCUT2D eigenvalue weighted by atomic mass is 10.1. The molecule has 2 aromatic carbocycles. The second kappa shape index (κ2) is 4.94. The van der Waals surface area contributed by atoms with Gasteiger partial charge in [0.05, 0.1) is 18.2 Å². The van der Waals surface area contributed by atoms with Crippen LogP contribution in [0.2, 0.25) is 0 Å². The maximum Gasteiger partial charge on any atom is 0.335 e. The van der Waals surface area contributed by atoms with Gasteiger partial charge in [0.15, 0.2) is 5.88 Å². The summed E-state index contributed by atoms with van der Waals surface area (Å²) in [5.41, 5.74) is 1.75. The van der Waals surface area contributed by atoms with Gasteiger partial charge in [0.1, 0.15) is 5.82 Å². The number of hydrogen-bond donors (Lipinski definition) is 1. The Balaban J connectivity index is 2.25. The molecule has 0 unspecified atom stereocenters. The van der Waals surface area contributed by atoms with Crippen LogP contribution in [0.25, 0.3) is 16.6 Å². The van der Waals surface area contributed by atoms with Crippen molar-refractivity contribution in [3.8, 4) is 11.6 Å². The molecule has 4 nitrogen and oxygen atoms in total. The van der Waals surface area contributed by atoms with Crippen LogP contribution in [0, 0.1) is 5.82 Å². The van der Waals surface area contributed by atoms with Crippen molar-refractivity contribution in [3.05, 3.63) is 59.9 Å². The van der Waals surface area contributed by atoms with Crippen LogP contribution in [-0.2, 0) is 0 Å². The monoisotopic (exact) mass is 285 g/mol. The maximum atomic E-state index is 13.1. The maximum absolute atomic E-state index is 13.1. The van der Waals surface area contributed by atoms with E-state index in [0.717, 1.165) is 16.6 Å². The molecule has 5 heteroatoms. The average Bonchev–Trinajstić information content (AvgIpc) is 2.85. The van der Waals surface area contributed by atoms with Crippen molar-refractivity contribution >= 4 is 16.9 Å². The molecule has 1 heterocycles. The highest BCUT2D eigenvalue weighted by Gasteiger charge is 2.13. The van der Waals surface area contributed by atoms with Gasteiger partial charge in [-0.1, -0.05) is 0 Å². The molecule has 0 bridgehead atoms. The highest BCUT2D eigenvalue weighted by molar-refractivity contribution is 5.94. The smallest absolute Gasteiger partial charge is 0.335 e. The Bertz CT molecular complexity index is 821. The largest absolute Gasteiger partial charge is 0.482 e. The molecule has 3 rings (SSSR count). The molecule has 0 atom stereocenters. The summed E-state index contributed by atoms with van der Waals surface area (Å²) in [5, 5.41) is 9.79. The normalized spacial score (nSPS) is 10.8. The number of carbonyl (C=O) groups is 1. The number of rotatable bonds is 3. The molecule has 21 heavy (non-hydrogen) atoms. The Kier molecular flexibility index (Phi) is 3.10. The summed E-state index contributed by atoms with van der Waals surface area (Å²) in [4.78, 5) is 11.0. The Hall–Kier alpha value is -2.82. The summed E-state index contributed by atoms with van der Waals surface area (Å²) in [6.45, 7) is 0. The third-order valence-corrected chi connectivity index (χ3v) is 3.31. The fraction of sp³-hybridized carbons (Fsp3) is 0.0625. The zero-order valence-electron chi connectivity index (χ0n) is 11.2. The van der Waals surface area contributed by atoms with E-state index in [0.29, 0.717) is 5.88 Å². The molecule has 0 fully saturated rings. The molecule has 106 valence electrons. The number of fused-ring (bicyclic) bond motifs is 1. The minimum Gasteiger partial charge on any atom is -0.482 e. The van der Waals surface area contributed by atoms with Gasteiger partial charge in [-0.15, -0.1) is 0 Å². The fourth-order valence-electron chi connectivity index (χ4n) is 2.33. The summed E-state index contributed by atoms with van der Waals surface area (Å²) in [5.74, 6) is -0.744. The van der Waals surface area contributed by atoms with Crippen molar-refractivity contribution < 1.29 is 19.0 Å². The van der Waals surface area contributed by atoms with E-state index in [-0.39, 0.29) is 11.4 Å². The number of halogens is 1.